The van der Waals surface area contributed by atoms with Crippen LogP contribution < -0.4 is 10.6 Å². The Morgan fingerprint density at radius 1 is 1.04 bits per heavy atom. The van der Waals surface area contributed by atoms with Crippen LogP contribution in [0.5, 0.6) is 0 Å². The van der Waals surface area contributed by atoms with Crippen LogP contribution in [0.3, 0.4) is 0 Å². The second-order valence-corrected chi connectivity index (χ2v) is 7.65. The molecule has 3 rings (SSSR count). The number of amides is 2. The van der Waals surface area contributed by atoms with E-state index in [9.17, 15) is 9.59 Å². The SMILES string of the molecule is O=C(CN1CCN(C(=O)CCC2CCNCC2)CC1)NCc1ccccc1. The van der Waals surface area contributed by atoms with Crippen LogP contribution in [-0.4, -0.2) is 67.4 Å². The van der Waals surface area contributed by atoms with E-state index in [0.717, 1.165) is 51.3 Å². The van der Waals surface area contributed by atoms with Gasteiger partial charge in [-0.05, 0) is 43.8 Å². The molecule has 6 heteroatoms. The number of nitrogens with zero attached hydrogens (tertiary/aromatic N) is 2. The van der Waals surface area contributed by atoms with E-state index in [1.54, 1.807) is 0 Å². The maximum atomic E-state index is 12.4. The monoisotopic (exact) mass is 372 g/mol. The van der Waals surface area contributed by atoms with Gasteiger partial charge in [-0.25, -0.2) is 0 Å². The highest BCUT2D eigenvalue weighted by molar-refractivity contribution is 5.78. The van der Waals surface area contributed by atoms with Crippen molar-refractivity contribution in [3.63, 3.8) is 0 Å². The summed E-state index contributed by atoms with van der Waals surface area (Å²) < 4.78 is 0. The number of nitrogens with one attached hydrogen (secondary N) is 2. The van der Waals surface area contributed by atoms with E-state index in [4.69, 9.17) is 0 Å². The third-order valence-electron chi connectivity index (χ3n) is 5.65. The van der Waals surface area contributed by atoms with Gasteiger partial charge < -0.3 is 15.5 Å². The zero-order valence-electron chi connectivity index (χ0n) is 16.2. The molecule has 1 aromatic rings. The van der Waals surface area contributed by atoms with Gasteiger partial charge in [-0.2, -0.15) is 0 Å². The quantitative estimate of drug-likeness (QED) is 0.756. The normalized spacial score (nSPS) is 19.0. The highest BCUT2D eigenvalue weighted by Crippen LogP contribution is 2.18. The fraction of sp³-hybridized carbons (Fsp3) is 0.619. The minimum Gasteiger partial charge on any atom is -0.351 e. The third kappa shape index (κ3) is 6.63. The zero-order chi connectivity index (χ0) is 18.9. The molecule has 2 amide bonds. The van der Waals surface area contributed by atoms with Gasteiger partial charge in [-0.3, -0.25) is 14.5 Å². The zero-order valence-corrected chi connectivity index (χ0v) is 16.2. The maximum Gasteiger partial charge on any atom is 0.234 e. The number of piperidine rings is 1. The molecule has 0 radical (unpaired) electrons. The first-order chi connectivity index (χ1) is 13.2. The smallest absolute Gasteiger partial charge is 0.234 e. The van der Waals surface area contributed by atoms with E-state index >= 15 is 0 Å². The summed E-state index contributed by atoms with van der Waals surface area (Å²) >= 11 is 0. The van der Waals surface area contributed by atoms with E-state index in [1.165, 1.54) is 12.8 Å². The standard InChI is InChI=1S/C21H32N4O2/c26-20(23-16-19-4-2-1-3-5-19)17-24-12-14-25(15-13-24)21(27)7-6-18-8-10-22-11-9-18/h1-5,18,22H,6-17H2,(H,23,26). The minimum absolute atomic E-state index is 0.0459. The van der Waals surface area contributed by atoms with Crippen molar-refractivity contribution < 1.29 is 9.59 Å². The Balaban J connectivity index is 1.31. The van der Waals surface area contributed by atoms with Gasteiger partial charge in [0.1, 0.15) is 0 Å². The molecule has 6 nitrogen and oxygen atoms in total. The molecule has 0 saturated carbocycles. The average Bonchev–Trinajstić information content (AvgIpc) is 2.72. The van der Waals surface area contributed by atoms with E-state index in [-0.39, 0.29) is 11.8 Å². The number of carbonyl (C=O) groups excluding carboxylic acids is 2. The van der Waals surface area contributed by atoms with Crippen LogP contribution in [-0.2, 0) is 16.1 Å². The van der Waals surface area contributed by atoms with Crippen LogP contribution in [0, 0.1) is 5.92 Å². The molecule has 27 heavy (non-hydrogen) atoms. The molecule has 1 aromatic carbocycles. The van der Waals surface area contributed by atoms with Gasteiger partial charge in [0, 0.05) is 39.1 Å². The summed E-state index contributed by atoms with van der Waals surface area (Å²) in [6.07, 6.45) is 4.07. The van der Waals surface area contributed by atoms with Crippen molar-refractivity contribution in [2.75, 3.05) is 45.8 Å². The number of hydrogen-bond donors (Lipinski definition) is 2. The first kappa shape index (κ1) is 19.8. The number of hydrogen-bond acceptors (Lipinski definition) is 4. The second kappa shape index (κ2) is 10.4. The molecule has 2 saturated heterocycles. The molecule has 0 spiro atoms. The van der Waals surface area contributed by atoms with Crippen molar-refractivity contribution in [2.24, 2.45) is 5.92 Å². The average molecular weight is 373 g/mol. The van der Waals surface area contributed by atoms with E-state index < -0.39 is 0 Å². The number of carbonyl (C=O) groups is 2. The molecule has 2 N–H and O–H groups in total. The second-order valence-electron chi connectivity index (χ2n) is 7.65. The molecule has 0 atom stereocenters. The van der Waals surface area contributed by atoms with Gasteiger partial charge in [-0.1, -0.05) is 30.3 Å². The molecule has 0 unspecified atom stereocenters. The summed E-state index contributed by atoms with van der Waals surface area (Å²) in [5.74, 6) is 1.02. The van der Waals surface area contributed by atoms with Gasteiger partial charge in [0.25, 0.3) is 0 Å². The van der Waals surface area contributed by atoms with Crippen LogP contribution in [0.25, 0.3) is 0 Å². The highest BCUT2D eigenvalue weighted by Gasteiger charge is 2.23. The minimum atomic E-state index is 0.0459. The molecular weight excluding hydrogens is 340 g/mol. The molecule has 0 aliphatic carbocycles. The summed E-state index contributed by atoms with van der Waals surface area (Å²) in [4.78, 5) is 28.7. The molecule has 0 bridgehead atoms. The van der Waals surface area contributed by atoms with Gasteiger partial charge in [0.05, 0.1) is 6.54 Å². The largest absolute Gasteiger partial charge is 0.351 e. The molecule has 2 fully saturated rings. The van der Waals surface area contributed by atoms with Crippen LogP contribution in [0.1, 0.15) is 31.2 Å². The van der Waals surface area contributed by atoms with Gasteiger partial charge in [0.2, 0.25) is 11.8 Å². The lowest BCUT2D eigenvalue weighted by molar-refractivity contribution is -0.133. The lowest BCUT2D eigenvalue weighted by Gasteiger charge is -2.34. The lowest BCUT2D eigenvalue weighted by Crippen LogP contribution is -2.51. The van der Waals surface area contributed by atoms with Crippen LogP contribution in [0.4, 0.5) is 0 Å². The fourth-order valence-electron chi connectivity index (χ4n) is 3.87. The van der Waals surface area contributed by atoms with Crippen molar-refractivity contribution >= 4 is 11.8 Å². The van der Waals surface area contributed by atoms with Crippen molar-refractivity contribution in [3.05, 3.63) is 35.9 Å². The Morgan fingerprint density at radius 2 is 1.74 bits per heavy atom. The fourth-order valence-corrected chi connectivity index (χ4v) is 3.87. The molecule has 2 heterocycles. The summed E-state index contributed by atoms with van der Waals surface area (Å²) in [6.45, 7) is 6.16. The molecule has 2 aliphatic rings. The third-order valence-corrected chi connectivity index (χ3v) is 5.65. The number of piperazine rings is 1. The number of rotatable bonds is 7. The molecule has 148 valence electrons. The maximum absolute atomic E-state index is 12.4. The molecule has 2 aliphatic heterocycles. The predicted octanol–water partition coefficient (Wildman–Crippen LogP) is 1.23. The summed E-state index contributed by atoms with van der Waals surface area (Å²) in [6, 6.07) is 9.94. The first-order valence-corrected chi connectivity index (χ1v) is 10.2. The van der Waals surface area contributed by atoms with Crippen LogP contribution >= 0.6 is 0 Å². The Bertz CT molecular complexity index is 593. The lowest BCUT2D eigenvalue weighted by atomic mass is 9.93. The van der Waals surface area contributed by atoms with E-state index in [1.807, 2.05) is 35.2 Å². The van der Waals surface area contributed by atoms with Crippen molar-refractivity contribution in [3.8, 4) is 0 Å². The summed E-state index contributed by atoms with van der Waals surface area (Å²) in [5.41, 5.74) is 1.11. The number of benzene rings is 1. The Morgan fingerprint density at radius 3 is 2.44 bits per heavy atom. The molecule has 0 aromatic heterocycles. The van der Waals surface area contributed by atoms with E-state index in [0.29, 0.717) is 25.4 Å². The first-order valence-electron chi connectivity index (χ1n) is 10.2. The van der Waals surface area contributed by atoms with Crippen molar-refractivity contribution in [1.29, 1.82) is 0 Å². The van der Waals surface area contributed by atoms with Crippen LogP contribution in [0.15, 0.2) is 30.3 Å². The molecular formula is C21H32N4O2. The Labute approximate surface area is 162 Å². The van der Waals surface area contributed by atoms with E-state index in [2.05, 4.69) is 15.5 Å². The highest BCUT2D eigenvalue weighted by atomic mass is 16.2. The van der Waals surface area contributed by atoms with Crippen LogP contribution in [0.2, 0.25) is 0 Å². The Hall–Kier alpha value is -1.92. The Kier molecular flexibility index (Phi) is 7.66. The van der Waals surface area contributed by atoms with Crippen molar-refractivity contribution in [1.82, 2.24) is 20.4 Å². The predicted molar refractivity (Wildman–Crippen MR) is 106 cm³/mol. The van der Waals surface area contributed by atoms with Gasteiger partial charge >= 0.3 is 0 Å². The summed E-state index contributed by atoms with van der Waals surface area (Å²) in [5, 5.41) is 6.34. The van der Waals surface area contributed by atoms with Gasteiger partial charge in [-0.15, -0.1) is 0 Å². The van der Waals surface area contributed by atoms with Gasteiger partial charge in [0.15, 0.2) is 0 Å². The summed E-state index contributed by atoms with van der Waals surface area (Å²) in [7, 11) is 0. The topological polar surface area (TPSA) is 64.7 Å². The van der Waals surface area contributed by atoms with Crippen molar-refractivity contribution in [2.45, 2.75) is 32.2 Å².